The van der Waals surface area contributed by atoms with Gasteiger partial charge in [-0.2, -0.15) is 0 Å². The average Bonchev–Trinajstić information content (AvgIpc) is 2.99. The van der Waals surface area contributed by atoms with E-state index in [4.69, 9.17) is 10.5 Å². The number of ether oxygens (including phenoxy) is 1. The van der Waals surface area contributed by atoms with Gasteiger partial charge in [-0.1, -0.05) is 26.7 Å². The van der Waals surface area contributed by atoms with Crippen molar-refractivity contribution in [3.05, 3.63) is 0 Å². The summed E-state index contributed by atoms with van der Waals surface area (Å²) >= 11 is 0. The smallest absolute Gasteiger partial charge is 0.311 e. The number of primary amides is 1. The predicted octanol–water partition coefficient (Wildman–Crippen LogP) is 3.13. The van der Waals surface area contributed by atoms with Gasteiger partial charge in [-0.15, -0.1) is 0 Å². The van der Waals surface area contributed by atoms with Crippen LogP contribution >= 0.6 is 0 Å². The fourth-order valence-corrected chi connectivity index (χ4v) is 7.17. The Labute approximate surface area is 174 Å². The van der Waals surface area contributed by atoms with Gasteiger partial charge in [0.1, 0.15) is 0 Å². The zero-order valence-electron chi connectivity index (χ0n) is 18.5. The van der Waals surface area contributed by atoms with E-state index >= 15 is 0 Å². The summed E-state index contributed by atoms with van der Waals surface area (Å²) in [7, 11) is 1.51. The molecular weight excluding hydrogens is 368 g/mol. The van der Waals surface area contributed by atoms with Crippen LogP contribution in [0.15, 0.2) is 0 Å². The van der Waals surface area contributed by atoms with Crippen molar-refractivity contribution in [2.75, 3.05) is 20.2 Å². The lowest BCUT2D eigenvalue weighted by Gasteiger charge is -2.59. The second-order valence-corrected chi connectivity index (χ2v) is 10.3. The molecule has 6 atom stereocenters. The Balaban J connectivity index is 1.72. The maximum atomic E-state index is 12.7. The number of rotatable bonds is 6. The molecule has 29 heavy (non-hydrogen) atoms. The number of nitrogens with two attached hydrogens (primary N) is 1. The quantitative estimate of drug-likeness (QED) is 0.686. The Hall–Kier alpha value is -1.59. The second-order valence-electron chi connectivity index (χ2n) is 10.3. The van der Waals surface area contributed by atoms with E-state index in [1.165, 1.54) is 7.11 Å². The fraction of sp³-hybridized carbons (Fsp3) is 0.870. The summed E-state index contributed by atoms with van der Waals surface area (Å²) in [6.45, 7) is 7.50. The topological polar surface area (TPSA) is 89.7 Å². The van der Waals surface area contributed by atoms with Crippen molar-refractivity contribution in [1.82, 2.24) is 4.90 Å². The Morgan fingerprint density at radius 3 is 2.55 bits per heavy atom. The van der Waals surface area contributed by atoms with Crippen LogP contribution in [0.2, 0.25) is 0 Å². The van der Waals surface area contributed by atoms with Crippen molar-refractivity contribution >= 4 is 17.8 Å². The van der Waals surface area contributed by atoms with Gasteiger partial charge in [0.25, 0.3) is 0 Å². The summed E-state index contributed by atoms with van der Waals surface area (Å²) in [6.07, 6.45) is 7.99. The maximum Gasteiger partial charge on any atom is 0.311 e. The molecule has 0 radical (unpaired) electrons. The predicted molar refractivity (Wildman–Crippen MR) is 111 cm³/mol. The molecule has 2 saturated carbocycles. The summed E-state index contributed by atoms with van der Waals surface area (Å²) in [4.78, 5) is 38.1. The summed E-state index contributed by atoms with van der Waals surface area (Å²) in [6, 6.07) is 0. The minimum absolute atomic E-state index is 0.00103. The van der Waals surface area contributed by atoms with E-state index in [2.05, 4.69) is 20.8 Å². The zero-order valence-corrected chi connectivity index (χ0v) is 18.5. The van der Waals surface area contributed by atoms with Crippen LogP contribution in [0.1, 0.15) is 72.1 Å². The number of methoxy groups -OCH3 is 1. The molecular formula is C23H38N2O4. The summed E-state index contributed by atoms with van der Waals surface area (Å²) in [5.74, 6) is 1.01. The molecule has 2 aliphatic carbocycles. The molecule has 0 aromatic rings. The first kappa shape index (κ1) is 22.1. The minimum Gasteiger partial charge on any atom is -0.469 e. The Morgan fingerprint density at radius 2 is 1.90 bits per heavy atom. The molecule has 0 aromatic heterocycles. The number of carbonyl (C=O) groups excluding carboxylic acids is 3. The van der Waals surface area contributed by atoms with Crippen LogP contribution in [-0.2, 0) is 19.1 Å². The second kappa shape index (κ2) is 8.27. The normalized spacial score (nSPS) is 39.9. The molecule has 164 valence electrons. The monoisotopic (exact) mass is 406 g/mol. The van der Waals surface area contributed by atoms with E-state index in [0.29, 0.717) is 24.3 Å². The standard InChI is InChI=1S/C23H38N2O4/c1-15-6-9-18-22(2,11-5-12-23(18,3)21(28)29-4)17(15)8-7-16-10-13-25(20(16)27)14-19(24)26/h15-18H,5-14H2,1-4H3,(H2,24,26)/t15-,16?,17+,18?,22-,23+/m1/s1. The van der Waals surface area contributed by atoms with E-state index in [1.54, 1.807) is 4.90 Å². The molecule has 2 amide bonds. The maximum absolute atomic E-state index is 12.7. The SMILES string of the molecule is COC(=O)[C@@]1(C)CCC[C@@]2(C)C1CC[C@@H](C)[C@@H]2CCC1CCN(CC(N)=O)C1=O. The number of amides is 2. The van der Waals surface area contributed by atoms with Crippen LogP contribution in [0.25, 0.3) is 0 Å². The number of hydrogen-bond donors (Lipinski definition) is 1. The van der Waals surface area contributed by atoms with Crippen LogP contribution in [-0.4, -0.2) is 42.9 Å². The van der Waals surface area contributed by atoms with E-state index in [9.17, 15) is 14.4 Å². The van der Waals surface area contributed by atoms with Gasteiger partial charge >= 0.3 is 5.97 Å². The summed E-state index contributed by atoms with van der Waals surface area (Å²) < 4.78 is 5.22. The molecule has 6 heteroatoms. The first-order valence-corrected chi connectivity index (χ1v) is 11.3. The lowest BCUT2D eigenvalue weighted by Crippen LogP contribution is -2.55. The molecule has 0 bridgehead atoms. The Morgan fingerprint density at radius 1 is 1.17 bits per heavy atom. The Bertz CT molecular complexity index is 665. The fourth-order valence-electron chi connectivity index (χ4n) is 7.17. The molecule has 1 aliphatic heterocycles. The first-order valence-electron chi connectivity index (χ1n) is 11.3. The van der Waals surface area contributed by atoms with E-state index in [0.717, 1.165) is 51.4 Å². The average molecular weight is 407 g/mol. The first-order chi connectivity index (χ1) is 13.6. The number of fused-ring (bicyclic) bond motifs is 1. The van der Waals surface area contributed by atoms with Crippen molar-refractivity contribution in [1.29, 1.82) is 0 Å². The number of esters is 1. The molecule has 0 spiro atoms. The highest BCUT2D eigenvalue weighted by atomic mass is 16.5. The van der Waals surface area contributed by atoms with Gasteiger partial charge in [0.15, 0.2) is 0 Å². The molecule has 2 N–H and O–H groups in total. The van der Waals surface area contributed by atoms with Crippen LogP contribution in [0.3, 0.4) is 0 Å². The van der Waals surface area contributed by atoms with Crippen molar-refractivity contribution in [3.8, 4) is 0 Å². The zero-order chi connectivity index (χ0) is 21.4. The molecule has 3 rings (SSSR count). The highest BCUT2D eigenvalue weighted by molar-refractivity contribution is 5.86. The number of nitrogens with zero attached hydrogens (tertiary/aromatic N) is 1. The molecule has 3 aliphatic rings. The van der Waals surface area contributed by atoms with Gasteiger partial charge in [0.05, 0.1) is 19.1 Å². The highest BCUT2D eigenvalue weighted by Crippen LogP contribution is 2.62. The molecule has 6 nitrogen and oxygen atoms in total. The largest absolute Gasteiger partial charge is 0.469 e. The third kappa shape index (κ3) is 3.91. The van der Waals surface area contributed by atoms with Gasteiger partial charge < -0.3 is 15.4 Å². The summed E-state index contributed by atoms with van der Waals surface area (Å²) in [5, 5.41) is 0. The number of carbonyl (C=O) groups is 3. The van der Waals surface area contributed by atoms with Gasteiger partial charge in [-0.05, 0) is 68.6 Å². The molecule has 2 unspecified atom stereocenters. The van der Waals surface area contributed by atoms with Gasteiger partial charge in [-0.25, -0.2) is 0 Å². The van der Waals surface area contributed by atoms with Crippen molar-refractivity contribution in [2.24, 2.45) is 40.2 Å². The van der Waals surface area contributed by atoms with Crippen molar-refractivity contribution in [2.45, 2.75) is 72.1 Å². The lowest BCUT2D eigenvalue weighted by molar-refractivity contribution is -0.173. The van der Waals surface area contributed by atoms with Crippen LogP contribution < -0.4 is 5.73 Å². The van der Waals surface area contributed by atoms with Gasteiger partial charge in [0, 0.05) is 12.5 Å². The van der Waals surface area contributed by atoms with Crippen LogP contribution in [0.5, 0.6) is 0 Å². The Kier molecular flexibility index (Phi) is 6.30. The van der Waals surface area contributed by atoms with Crippen molar-refractivity contribution in [3.63, 3.8) is 0 Å². The van der Waals surface area contributed by atoms with Crippen LogP contribution in [0.4, 0.5) is 0 Å². The van der Waals surface area contributed by atoms with E-state index in [-0.39, 0.29) is 29.8 Å². The van der Waals surface area contributed by atoms with E-state index < -0.39 is 11.3 Å². The molecule has 0 aromatic carbocycles. The van der Waals surface area contributed by atoms with Crippen molar-refractivity contribution < 1.29 is 19.1 Å². The lowest BCUT2D eigenvalue weighted by atomic mass is 9.45. The molecule has 1 heterocycles. The van der Waals surface area contributed by atoms with Gasteiger partial charge in [0.2, 0.25) is 11.8 Å². The minimum atomic E-state index is -0.445. The highest BCUT2D eigenvalue weighted by Gasteiger charge is 2.58. The summed E-state index contributed by atoms with van der Waals surface area (Å²) in [5.41, 5.74) is 4.97. The molecule has 3 fully saturated rings. The number of likely N-dealkylation sites (tertiary alicyclic amines) is 1. The molecule has 1 saturated heterocycles. The van der Waals surface area contributed by atoms with Crippen LogP contribution in [0, 0.1) is 34.5 Å². The van der Waals surface area contributed by atoms with E-state index in [1.807, 2.05) is 0 Å². The third-order valence-electron chi connectivity index (χ3n) is 8.65. The third-order valence-corrected chi connectivity index (χ3v) is 8.65. The number of hydrogen-bond acceptors (Lipinski definition) is 4. The van der Waals surface area contributed by atoms with Gasteiger partial charge in [-0.3, -0.25) is 14.4 Å².